The summed E-state index contributed by atoms with van der Waals surface area (Å²) in [5.41, 5.74) is -0.320. The summed E-state index contributed by atoms with van der Waals surface area (Å²) in [5.74, 6) is 0. The van der Waals surface area contributed by atoms with Gasteiger partial charge in [-0.15, -0.1) is 0 Å². The fourth-order valence-corrected chi connectivity index (χ4v) is 4.05. The van der Waals surface area contributed by atoms with Gasteiger partial charge in [0.05, 0.1) is 24.9 Å². The highest BCUT2D eigenvalue weighted by Crippen LogP contribution is 2.52. The van der Waals surface area contributed by atoms with Gasteiger partial charge in [0.2, 0.25) is 0 Å². The Kier molecular flexibility index (Phi) is 6.25. The molecule has 20 heavy (non-hydrogen) atoms. The molecule has 0 aromatic heterocycles. The van der Waals surface area contributed by atoms with Crippen LogP contribution in [-0.2, 0) is 26.0 Å². The van der Waals surface area contributed by atoms with E-state index >= 15 is 0 Å². The van der Waals surface area contributed by atoms with Gasteiger partial charge < -0.3 is 9.05 Å². The molecule has 114 valence electrons. The van der Waals surface area contributed by atoms with Crippen LogP contribution in [0.3, 0.4) is 0 Å². The van der Waals surface area contributed by atoms with Gasteiger partial charge in [0.1, 0.15) is 0 Å². The Morgan fingerprint density at radius 2 is 1.75 bits per heavy atom. The van der Waals surface area contributed by atoms with Crippen molar-refractivity contribution < 1.29 is 26.8 Å². The molecule has 0 N–H and O–H groups in total. The molecule has 0 radical (unpaired) electrons. The molecule has 0 aliphatic rings. The fraction of sp³-hybridized carbons (Fsp3) is 0.500. The van der Waals surface area contributed by atoms with E-state index in [1.165, 1.54) is 6.07 Å². The zero-order valence-electron chi connectivity index (χ0n) is 11.0. The van der Waals surface area contributed by atoms with Gasteiger partial charge in [0, 0.05) is 4.47 Å². The smallest absolute Gasteiger partial charge is 0.309 e. The first-order valence-corrected chi connectivity index (χ1v) is 8.47. The molecule has 0 heterocycles. The Balaban J connectivity index is 3.00. The number of hydrogen-bond acceptors (Lipinski definition) is 3. The summed E-state index contributed by atoms with van der Waals surface area (Å²) >= 11 is 3.06. The van der Waals surface area contributed by atoms with Crippen molar-refractivity contribution in [2.75, 3.05) is 13.2 Å². The molecular formula is C12H15BrF3O3P. The zero-order valence-corrected chi connectivity index (χ0v) is 13.5. The predicted octanol–water partition coefficient (Wildman–Crippen LogP) is 5.23. The van der Waals surface area contributed by atoms with Gasteiger partial charge >= 0.3 is 13.8 Å². The van der Waals surface area contributed by atoms with Crippen molar-refractivity contribution in [1.82, 2.24) is 0 Å². The van der Waals surface area contributed by atoms with Crippen molar-refractivity contribution in [1.29, 1.82) is 0 Å². The summed E-state index contributed by atoms with van der Waals surface area (Å²) in [6.07, 6.45) is -4.49. The minimum absolute atomic E-state index is 0.0760. The summed E-state index contributed by atoms with van der Waals surface area (Å²) in [6.45, 7) is 3.76. The van der Waals surface area contributed by atoms with Crippen molar-refractivity contribution in [3.05, 3.63) is 33.8 Å². The minimum Gasteiger partial charge on any atom is -0.309 e. The average Bonchev–Trinajstić information content (AvgIpc) is 2.31. The third kappa shape index (κ3) is 4.88. The SMILES string of the molecule is CCOP(=O)(Cc1ccc(C(F)(F)F)cc1Br)OCC. The first kappa shape index (κ1) is 17.7. The van der Waals surface area contributed by atoms with E-state index in [0.717, 1.165) is 12.1 Å². The summed E-state index contributed by atoms with van der Waals surface area (Å²) in [7, 11) is -3.34. The first-order valence-electron chi connectivity index (χ1n) is 5.95. The Hall–Kier alpha value is -0.360. The van der Waals surface area contributed by atoms with Gasteiger partial charge in [-0.05, 0) is 31.5 Å². The van der Waals surface area contributed by atoms with E-state index < -0.39 is 19.3 Å². The van der Waals surface area contributed by atoms with Crippen molar-refractivity contribution in [2.24, 2.45) is 0 Å². The van der Waals surface area contributed by atoms with Crippen LogP contribution in [0, 0.1) is 0 Å². The number of rotatable bonds is 6. The third-order valence-electron chi connectivity index (χ3n) is 2.40. The van der Waals surface area contributed by atoms with Crippen LogP contribution >= 0.6 is 23.5 Å². The van der Waals surface area contributed by atoms with Crippen LogP contribution in [0.2, 0.25) is 0 Å². The molecule has 8 heteroatoms. The van der Waals surface area contributed by atoms with E-state index in [-0.39, 0.29) is 23.8 Å². The van der Waals surface area contributed by atoms with Gasteiger partial charge in [0.25, 0.3) is 0 Å². The highest BCUT2D eigenvalue weighted by atomic mass is 79.9. The van der Waals surface area contributed by atoms with Crippen LogP contribution < -0.4 is 0 Å². The van der Waals surface area contributed by atoms with E-state index in [9.17, 15) is 17.7 Å². The van der Waals surface area contributed by atoms with Crippen molar-refractivity contribution in [2.45, 2.75) is 26.2 Å². The van der Waals surface area contributed by atoms with Crippen molar-refractivity contribution in [3.8, 4) is 0 Å². The maximum absolute atomic E-state index is 12.6. The summed E-state index contributed by atoms with van der Waals surface area (Å²) in [5, 5.41) is 0. The molecule has 1 aromatic carbocycles. The van der Waals surface area contributed by atoms with Gasteiger partial charge in [-0.2, -0.15) is 13.2 Å². The third-order valence-corrected chi connectivity index (χ3v) is 5.17. The molecule has 0 bridgehead atoms. The lowest BCUT2D eigenvalue weighted by atomic mass is 10.1. The van der Waals surface area contributed by atoms with Gasteiger partial charge in [-0.3, -0.25) is 4.57 Å². The molecule has 0 aliphatic carbocycles. The van der Waals surface area contributed by atoms with Gasteiger partial charge in [-0.25, -0.2) is 0 Å². The van der Waals surface area contributed by atoms with Gasteiger partial charge in [-0.1, -0.05) is 22.0 Å². The second-order valence-electron chi connectivity index (χ2n) is 3.91. The van der Waals surface area contributed by atoms with Crippen LogP contribution in [0.25, 0.3) is 0 Å². The standard InChI is InChI=1S/C12H15BrF3O3P/c1-3-18-20(17,19-4-2)8-9-5-6-10(7-11(9)13)12(14,15)16/h5-7H,3-4,8H2,1-2H3. The Morgan fingerprint density at radius 3 is 2.15 bits per heavy atom. The molecule has 0 unspecified atom stereocenters. The molecule has 0 amide bonds. The number of alkyl halides is 3. The maximum atomic E-state index is 12.6. The highest BCUT2D eigenvalue weighted by molar-refractivity contribution is 9.10. The highest BCUT2D eigenvalue weighted by Gasteiger charge is 2.32. The van der Waals surface area contributed by atoms with E-state index in [4.69, 9.17) is 9.05 Å². The normalized spacial score (nSPS) is 12.7. The molecular weight excluding hydrogens is 360 g/mol. The van der Waals surface area contributed by atoms with Crippen LogP contribution in [0.4, 0.5) is 13.2 Å². The first-order chi connectivity index (χ1) is 9.22. The Bertz CT molecular complexity index is 495. The minimum atomic E-state index is -4.41. The summed E-state index contributed by atoms with van der Waals surface area (Å²) < 4.78 is 60.5. The topological polar surface area (TPSA) is 35.5 Å². The molecule has 1 aromatic rings. The summed E-state index contributed by atoms with van der Waals surface area (Å²) in [4.78, 5) is 0. The largest absolute Gasteiger partial charge is 0.416 e. The number of hydrogen-bond donors (Lipinski definition) is 0. The van der Waals surface area contributed by atoms with E-state index in [0.29, 0.717) is 5.56 Å². The van der Waals surface area contributed by atoms with Crippen molar-refractivity contribution >= 4 is 23.5 Å². The molecule has 0 atom stereocenters. The second kappa shape index (κ2) is 7.07. The Morgan fingerprint density at radius 1 is 1.20 bits per heavy atom. The lowest BCUT2D eigenvalue weighted by molar-refractivity contribution is -0.137. The van der Waals surface area contributed by atoms with Crippen LogP contribution in [0.1, 0.15) is 25.0 Å². The number of benzene rings is 1. The second-order valence-corrected chi connectivity index (χ2v) is 6.82. The fourth-order valence-electron chi connectivity index (χ4n) is 1.58. The van der Waals surface area contributed by atoms with Crippen LogP contribution in [0.5, 0.6) is 0 Å². The van der Waals surface area contributed by atoms with Gasteiger partial charge in [0.15, 0.2) is 0 Å². The number of halogens is 4. The maximum Gasteiger partial charge on any atom is 0.416 e. The molecule has 0 saturated carbocycles. The van der Waals surface area contributed by atoms with E-state index in [2.05, 4.69) is 15.9 Å². The van der Waals surface area contributed by atoms with Crippen LogP contribution in [-0.4, -0.2) is 13.2 Å². The molecule has 3 nitrogen and oxygen atoms in total. The van der Waals surface area contributed by atoms with E-state index in [1.807, 2.05) is 0 Å². The molecule has 0 spiro atoms. The van der Waals surface area contributed by atoms with E-state index in [1.54, 1.807) is 13.8 Å². The molecule has 0 aliphatic heterocycles. The zero-order chi connectivity index (χ0) is 15.4. The average molecular weight is 375 g/mol. The quantitative estimate of drug-likeness (QED) is 0.639. The summed E-state index contributed by atoms with van der Waals surface area (Å²) in [6, 6.07) is 3.18. The molecule has 0 fully saturated rings. The molecule has 1 rings (SSSR count). The predicted molar refractivity (Wildman–Crippen MR) is 73.7 cm³/mol. The van der Waals surface area contributed by atoms with Crippen molar-refractivity contribution in [3.63, 3.8) is 0 Å². The lowest BCUT2D eigenvalue weighted by Gasteiger charge is -2.18. The Labute approximate surface area is 124 Å². The molecule has 0 saturated heterocycles. The van der Waals surface area contributed by atoms with Crippen LogP contribution in [0.15, 0.2) is 22.7 Å². The monoisotopic (exact) mass is 374 g/mol. The lowest BCUT2D eigenvalue weighted by Crippen LogP contribution is -2.06.